The van der Waals surface area contributed by atoms with Crippen molar-refractivity contribution >= 4 is 20.7 Å². The van der Waals surface area contributed by atoms with Gasteiger partial charge in [0.2, 0.25) is 0 Å². The molecule has 0 radical (unpaired) electrons. The molecule has 0 fully saturated rings. The minimum absolute atomic E-state index is 0.0961. The molecule has 0 aliphatic carbocycles. The zero-order valence-corrected chi connectivity index (χ0v) is 12.1. The van der Waals surface area contributed by atoms with Gasteiger partial charge in [0.05, 0.1) is 5.75 Å². The highest BCUT2D eigenvalue weighted by Crippen LogP contribution is 2.26. The van der Waals surface area contributed by atoms with Crippen LogP contribution in [-0.2, 0) is 15.6 Å². The van der Waals surface area contributed by atoms with Crippen LogP contribution in [0.2, 0.25) is 0 Å². The van der Waals surface area contributed by atoms with E-state index in [1.807, 2.05) is 13.0 Å². The van der Waals surface area contributed by atoms with Crippen molar-refractivity contribution in [2.24, 2.45) is 0 Å². The van der Waals surface area contributed by atoms with Crippen LogP contribution in [0.15, 0.2) is 24.3 Å². The second-order valence-electron chi connectivity index (χ2n) is 5.23. The topological polar surface area (TPSA) is 39.1 Å². The van der Waals surface area contributed by atoms with Crippen molar-refractivity contribution in [2.75, 3.05) is 6.26 Å². The molecule has 0 atom stereocenters. The molecule has 0 amide bonds. The maximum absolute atomic E-state index is 11.5. The lowest BCUT2D eigenvalue weighted by molar-refractivity contribution is 0.585. The molecular weight excluding hydrogens is 246 g/mol. The largest absolute Gasteiger partial charge is 0.341 e. The van der Waals surface area contributed by atoms with Gasteiger partial charge < -0.3 is 4.57 Å². The van der Waals surface area contributed by atoms with Crippen molar-refractivity contribution in [1.82, 2.24) is 4.57 Å². The van der Waals surface area contributed by atoms with Crippen molar-refractivity contribution in [3.63, 3.8) is 0 Å². The van der Waals surface area contributed by atoms with E-state index in [2.05, 4.69) is 36.6 Å². The number of benzene rings is 1. The minimum atomic E-state index is -3.01. The van der Waals surface area contributed by atoms with E-state index < -0.39 is 9.84 Å². The summed E-state index contributed by atoms with van der Waals surface area (Å²) >= 11 is 0. The lowest BCUT2D eigenvalue weighted by Gasteiger charge is -2.14. The van der Waals surface area contributed by atoms with Crippen LogP contribution >= 0.6 is 0 Å². The first-order valence-corrected chi connectivity index (χ1v) is 8.12. The van der Waals surface area contributed by atoms with Gasteiger partial charge in [-0.25, -0.2) is 8.42 Å². The highest BCUT2D eigenvalue weighted by molar-refractivity contribution is 7.89. The summed E-state index contributed by atoms with van der Waals surface area (Å²) in [6.45, 7) is 6.19. The lowest BCUT2D eigenvalue weighted by Crippen LogP contribution is -2.09. The molecule has 0 unspecified atom stereocenters. The zero-order chi connectivity index (χ0) is 13.5. The fraction of sp³-hybridized carbons (Fsp3) is 0.429. The Morgan fingerprint density at radius 2 is 1.89 bits per heavy atom. The van der Waals surface area contributed by atoms with Crippen molar-refractivity contribution < 1.29 is 8.42 Å². The van der Waals surface area contributed by atoms with Crippen molar-refractivity contribution in [3.05, 3.63) is 35.5 Å². The maximum Gasteiger partial charge on any atom is 0.153 e. The molecular formula is C14H19NO2S. The summed E-state index contributed by atoms with van der Waals surface area (Å²) in [6, 6.07) is 8.47. The highest BCUT2D eigenvalue weighted by Gasteiger charge is 2.15. The number of nitrogens with zero attached hydrogens (tertiary/aromatic N) is 1. The van der Waals surface area contributed by atoms with Gasteiger partial charge in [0.1, 0.15) is 0 Å². The molecule has 4 heteroatoms. The lowest BCUT2D eigenvalue weighted by atomic mass is 10.2. The Labute approximate surface area is 108 Å². The van der Waals surface area contributed by atoms with Crippen LogP contribution in [0.5, 0.6) is 0 Å². The number of aromatic nitrogens is 1. The predicted molar refractivity (Wildman–Crippen MR) is 75.6 cm³/mol. The molecule has 0 N–H and O–H groups in total. The smallest absolute Gasteiger partial charge is 0.153 e. The van der Waals surface area contributed by atoms with E-state index in [1.54, 1.807) is 0 Å². The monoisotopic (exact) mass is 265 g/mol. The van der Waals surface area contributed by atoms with Crippen LogP contribution in [0, 0.1) is 6.92 Å². The van der Waals surface area contributed by atoms with E-state index in [0.717, 1.165) is 16.6 Å². The number of hydrogen-bond donors (Lipinski definition) is 0. The molecule has 0 aliphatic rings. The number of hydrogen-bond acceptors (Lipinski definition) is 2. The van der Waals surface area contributed by atoms with E-state index in [0.29, 0.717) is 0 Å². The van der Waals surface area contributed by atoms with E-state index in [9.17, 15) is 8.42 Å². The summed E-state index contributed by atoms with van der Waals surface area (Å²) < 4.78 is 25.1. The summed E-state index contributed by atoms with van der Waals surface area (Å²) in [4.78, 5) is 0. The molecule has 2 rings (SSSR count). The molecule has 1 aromatic carbocycles. The number of fused-ring (bicyclic) bond motifs is 1. The van der Waals surface area contributed by atoms with Gasteiger partial charge in [0, 0.05) is 28.9 Å². The average Bonchev–Trinajstić information content (AvgIpc) is 2.51. The number of sulfone groups is 1. The summed E-state index contributed by atoms with van der Waals surface area (Å²) in [5.74, 6) is 0.0961. The second kappa shape index (κ2) is 4.43. The Kier molecular flexibility index (Phi) is 3.23. The van der Waals surface area contributed by atoms with Gasteiger partial charge in [-0.2, -0.15) is 0 Å². The van der Waals surface area contributed by atoms with E-state index in [1.165, 1.54) is 11.8 Å². The van der Waals surface area contributed by atoms with Gasteiger partial charge in [-0.1, -0.05) is 11.6 Å². The quantitative estimate of drug-likeness (QED) is 0.855. The van der Waals surface area contributed by atoms with Crippen molar-refractivity contribution in [3.8, 4) is 0 Å². The van der Waals surface area contributed by atoms with Crippen LogP contribution in [0.1, 0.15) is 31.1 Å². The molecule has 0 aliphatic heterocycles. The molecule has 0 saturated heterocycles. The predicted octanol–water partition coefficient (Wildman–Crippen LogP) is 3.08. The third-order valence-corrected chi connectivity index (χ3v) is 3.82. The molecule has 2 aromatic rings. The van der Waals surface area contributed by atoms with Gasteiger partial charge in [-0.15, -0.1) is 0 Å². The maximum atomic E-state index is 11.5. The van der Waals surface area contributed by atoms with Gasteiger partial charge in [-0.3, -0.25) is 0 Å². The average molecular weight is 265 g/mol. The molecule has 0 bridgehead atoms. The fourth-order valence-electron chi connectivity index (χ4n) is 2.40. The Morgan fingerprint density at radius 1 is 1.22 bits per heavy atom. The summed E-state index contributed by atoms with van der Waals surface area (Å²) in [5.41, 5.74) is 3.16. The zero-order valence-electron chi connectivity index (χ0n) is 11.3. The van der Waals surface area contributed by atoms with Crippen LogP contribution in [0.3, 0.4) is 0 Å². The van der Waals surface area contributed by atoms with E-state index >= 15 is 0 Å². The Bertz CT molecular complexity index is 681. The van der Waals surface area contributed by atoms with Crippen LogP contribution in [0.25, 0.3) is 10.9 Å². The van der Waals surface area contributed by atoms with Crippen molar-refractivity contribution in [2.45, 2.75) is 32.6 Å². The summed E-state index contributed by atoms with van der Waals surface area (Å²) in [7, 11) is -3.01. The van der Waals surface area contributed by atoms with Gasteiger partial charge >= 0.3 is 0 Å². The van der Waals surface area contributed by atoms with Crippen LogP contribution < -0.4 is 0 Å². The van der Waals surface area contributed by atoms with Crippen LogP contribution in [0.4, 0.5) is 0 Å². The SMILES string of the molecule is Cc1ccc2c(c1)cc(CS(C)(=O)=O)n2C(C)C. The Hall–Kier alpha value is -1.29. The number of rotatable bonds is 3. The first-order chi connectivity index (χ1) is 8.28. The van der Waals surface area contributed by atoms with Crippen LogP contribution in [-0.4, -0.2) is 19.2 Å². The first kappa shape index (κ1) is 13.1. The molecule has 0 spiro atoms. The van der Waals surface area contributed by atoms with Crippen molar-refractivity contribution in [1.29, 1.82) is 0 Å². The van der Waals surface area contributed by atoms with E-state index in [4.69, 9.17) is 0 Å². The van der Waals surface area contributed by atoms with Gasteiger partial charge in [-0.05, 0) is 39.0 Å². The normalized spacial score (nSPS) is 12.5. The Balaban J connectivity index is 2.68. The molecule has 1 heterocycles. The molecule has 18 heavy (non-hydrogen) atoms. The van der Waals surface area contributed by atoms with E-state index in [-0.39, 0.29) is 11.8 Å². The first-order valence-electron chi connectivity index (χ1n) is 6.06. The second-order valence-corrected chi connectivity index (χ2v) is 7.37. The summed E-state index contributed by atoms with van der Waals surface area (Å²) in [5, 5.41) is 1.11. The standard InChI is InChI=1S/C14H19NO2S/c1-10(2)15-13(9-18(4,16)17)8-12-7-11(3)5-6-14(12)15/h5-8,10H,9H2,1-4H3. The molecule has 3 nitrogen and oxygen atoms in total. The fourth-order valence-corrected chi connectivity index (χ4v) is 3.16. The third-order valence-electron chi connectivity index (χ3n) is 3.00. The minimum Gasteiger partial charge on any atom is -0.341 e. The number of aryl methyl sites for hydroxylation is 1. The summed E-state index contributed by atoms with van der Waals surface area (Å²) in [6.07, 6.45) is 1.28. The molecule has 0 saturated carbocycles. The molecule has 1 aromatic heterocycles. The Morgan fingerprint density at radius 3 is 2.44 bits per heavy atom. The highest BCUT2D eigenvalue weighted by atomic mass is 32.2. The molecule has 98 valence electrons. The van der Waals surface area contributed by atoms with Gasteiger partial charge in [0.25, 0.3) is 0 Å². The van der Waals surface area contributed by atoms with Gasteiger partial charge in [0.15, 0.2) is 9.84 Å². The third kappa shape index (κ3) is 2.58.